The lowest BCUT2D eigenvalue weighted by Crippen LogP contribution is -2.01. The minimum Gasteiger partial charge on any atom is -0.368 e. The van der Waals surface area contributed by atoms with Crippen LogP contribution in [0.5, 0.6) is 0 Å². The molecule has 0 aliphatic rings. The van der Waals surface area contributed by atoms with Crippen LogP contribution in [0.4, 0.5) is 5.95 Å². The second-order valence-electron chi connectivity index (χ2n) is 4.62. The fourth-order valence-corrected chi connectivity index (χ4v) is 2.14. The third-order valence-electron chi connectivity index (χ3n) is 3.20. The van der Waals surface area contributed by atoms with E-state index in [1.807, 2.05) is 32.9 Å². The zero-order chi connectivity index (χ0) is 14.0. The summed E-state index contributed by atoms with van der Waals surface area (Å²) < 4.78 is 0. The maximum absolute atomic E-state index is 7.45. The maximum Gasteiger partial charge on any atom is 0.220 e. The molecule has 0 aliphatic carbocycles. The number of anilines is 1. The van der Waals surface area contributed by atoms with Crippen LogP contribution in [0.3, 0.4) is 0 Å². The van der Waals surface area contributed by atoms with Crippen molar-refractivity contribution in [2.75, 3.05) is 5.73 Å². The van der Waals surface area contributed by atoms with E-state index in [1.54, 1.807) is 0 Å². The molecule has 1 aromatic heterocycles. The Morgan fingerprint density at radius 1 is 1.16 bits per heavy atom. The molecule has 0 unspecified atom stereocenters. The Morgan fingerprint density at radius 3 is 2.53 bits per heavy atom. The van der Waals surface area contributed by atoms with Crippen molar-refractivity contribution in [2.45, 2.75) is 27.2 Å². The molecular weight excluding hydrogens is 236 g/mol. The highest BCUT2D eigenvalue weighted by atomic mass is 15.0. The van der Waals surface area contributed by atoms with Crippen LogP contribution in [-0.2, 0) is 6.42 Å². The summed E-state index contributed by atoms with van der Waals surface area (Å²) >= 11 is 0. The Morgan fingerprint density at radius 2 is 1.89 bits per heavy atom. The van der Waals surface area contributed by atoms with Crippen LogP contribution in [0.1, 0.15) is 29.3 Å². The lowest BCUT2D eigenvalue weighted by molar-refractivity contribution is 1.01. The molecule has 3 N–H and O–H groups in total. The molecular formula is C15H18N4. The van der Waals surface area contributed by atoms with Crippen LogP contribution in [0.15, 0.2) is 18.2 Å². The summed E-state index contributed by atoms with van der Waals surface area (Å²) in [6.07, 6.45) is 2.19. The van der Waals surface area contributed by atoms with E-state index >= 15 is 0 Å². The van der Waals surface area contributed by atoms with E-state index in [4.69, 9.17) is 11.1 Å². The number of nitrogens with two attached hydrogens (primary N) is 1. The Balaban J connectivity index is 2.64. The highest BCUT2D eigenvalue weighted by Crippen LogP contribution is 2.25. The number of nitrogen functional groups attached to an aromatic ring is 1. The van der Waals surface area contributed by atoms with Crippen molar-refractivity contribution in [1.29, 1.82) is 5.41 Å². The number of hydrogen-bond acceptors (Lipinski definition) is 4. The first-order valence-corrected chi connectivity index (χ1v) is 6.30. The first-order valence-electron chi connectivity index (χ1n) is 6.30. The van der Waals surface area contributed by atoms with Gasteiger partial charge in [-0.2, -0.15) is 0 Å². The fraction of sp³-hybridized carbons (Fsp3) is 0.267. The molecule has 98 valence electrons. The van der Waals surface area contributed by atoms with Gasteiger partial charge < -0.3 is 11.1 Å². The molecule has 0 atom stereocenters. The van der Waals surface area contributed by atoms with Gasteiger partial charge in [0, 0.05) is 17.5 Å². The third kappa shape index (κ3) is 2.62. The molecule has 4 nitrogen and oxygen atoms in total. The van der Waals surface area contributed by atoms with Crippen molar-refractivity contribution < 1.29 is 0 Å². The van der Waals surface area contributed by atoms with Gasteiger partial charge in [0.2, 0.25) is 5.95 Å². The summed E-state index contributed by atoms with van der Waals surface area (Å²) in [5.74, 6) is 0.297. The van der Waals surface area contributed by atoms with Crippen LogP contribution in [0.2, 0.25) is 0 Å². The van der Waals surface area contributed by atoms with Gasteiger partial charge in [-0.3, -0.25) is 0 Å². The molecule has 1 aromatic carbocycles. The zero-order valence-electron chi connectivity index (χ0n) is 11.5. The topological polar surface area (TPSA) is 75.7 Å². The predicted octanol–water partition coefficient (Wildman–Crippen LogP) is 2.90. The van der Waals surface area contributed by atoms with Gasteiger partial charge in [-0.25, -0.2) is 9.97 Å². The van der Waals surface area contributed by atoms with Crippen molar-refractivity contribution in [3.05, 3.63) is 40.6 Å². The second kappa shape index (κ2) is 5.18. The number of nitrogens with one attached hydrogen (secondary N) is 1. The van der Waals surface area contributed by atoms with Gasteiger partial charge in [-0.1, -0.05) is 13.0 Å². The molecule has 0 saturated carbocycles. The van der Waals surface area contributed by atoms with Crippen molar-refractivity contribution in [1.82, 2.24) is 9.97 Å². The molecule has 2 rings (SSSR count). The summed E-state index contributed by atoms with van der Waals surface area (Å²) in [6, 6.07) is 6.01. The zero-order valence-corrected chi connectivity index (χ0v) is 11.5. The standard InChI is InChI=1S/C15H18N4/c1-4-12-7-14(19-15(17)18-12)13-6-11(8-16)9(2)5-10(13)3/h5-8,16H,4H2,1-3H3,(H2,17,18,19). The summed E-state index contributed by atoms with van der Waals surface area (Å²) in [5.41, 5.74) is 11.6. The van der Waals surface area contributed by atoms with E-state index < -0.39 is 0 Å². The molecule has 0 saturated heterocycles. The van der Waals surface area contributed by atoms with E-state index in [-0.39, 0.29) is 0 Å². The number of benzene rings is 1. The third-order valence-corrected chi connectivity index (χ3v) is 3.20. The van der Waals surface area contributed by atoms with Crippen LogP contribution in [0, 0.1) is 19.3 Å². The molecule has 0 amide bonds. The minimum absolute atomic E-state index is 0.297. The summed E-state index contributed by atoms with van der Waals surface area (Å²) in [5, 5.41) is 7.45. The van der Waals surface area contributed by atoms with Gasteiger partial charge in [0.1, 0.15) is 0 Å². The van der Waals surface area contributed by atoms with Crippen molar-refractivity contribution >= 4 is 12.2 Å². The van der Waals surface area contributed by atoms with Crippen LogP contribution in [-0.4, -0.2) is 16.2 Å². The number of aryl methyl sites for hydroxylation is 3. The smallest absolute Gasteiger partial charge is 0.220 e. The van der Waals surface area contributed by atoms with Crippen LogP contribution >= 0.6 is 0 Å². The first-order chi connectivity index (χ1) is 9.05. The first kappa shape index (κ1) is 13.2. The minimum atomic E-state index is 0.297. The summed E-state index contributed by atoms with van der Waals surface area (Å²) in [4.78, 5) is 8.50. The van der Waals surface area contributed by atoms with Crippen molar-refractivity contribution in [3.63, 3.8) is 0 Å². The normalized spacial score (nSPS) is 10.5. The molecule has 19 heavy (non-hydrogen) atoms. The van der Waals surface area contributed by atoms with Gasteiger partial charge >= 0.3 is 0 Å². The molecule has 0 radical (unpaired) electrons. The molecule has 0 spiro atoms. The second-order valence-corrected chi connectivity index (χ2v) is 4.62. The monoisotopic (exact) mass is 254 g/mol. The molecule has 1 heterocycles. The van der Waals surface area contributed by atoms with Crippen molar-refractivity contribution in [3.8, 4) is 11.3 Å². The van der Waals surface area contributed by atoms with Crippen molar-refractivity contribution in [2.24, 2.45) is 0 Å². The Bertz CT molecular complexity index is 632. The highest BCUT2D eigenvalue weighted by Gasteiger charge is 2.09. The lowest BCUT2D eigenvalue weighted by atomic mass is 9.98. The fourth-order valence-electron chi connectivity index (χ4n) is 2.14. The van der Waals surface area contributed by atoms with Gasteiger partial charge in [0.05, 0.1) is 5.69 Å². The Kier molecular flexibility index (Phi) is 3.60. The average Bonchev–Trinajstić information content (AvgIpc) is 2.38. The molecule has 0 aliphatic heterocycles. The van der Waals surface area contributed by atoms with Gasteiger partial charge in [0.15, 0.2) is 0 Å². The van der Waals surface area contributed by atoms with Gasteiger partial charge in [-0.05, 0) is 49.1 Å². The molecule has 4 heteroatoms. The number of aromatic nitrogens is 2. The average molecular weight is 254 g/mol. The van der Waals surface area contributed by atoms with E-state index in [0.29, 0.717) is 5.95 Å². The summed E-state index contributed by atoms with van der Waals surface area (Å²) in [7, 11) is 0. The molecule has 0 fully saturated rings. The van der Waals surface area contributed by atoms with E-state index in [1.165, 1.54) is 6.21 Å². The largest absolute Gasteiger partial charge is 0.368 e. The number of hydrogen-bond donors (Lipinski definition) is 2. The quantitative estimate of drug-likeness (QED) is 0.827. The van der Waals surface area contributed by atoms with E-state index in [2.05, 4.69) is 16.0 Å². The number of nitrogens with zero attached hydrogens (tertiary/aromatic N) is 2. The maximum atomic E-state index is 7.45. The summed E-state index contributed by atoms with van der Waals surface area (Å²) in [6.45, 7) is 6.08. The Hall–Kier alpha value is -2.23. The van der Waals surface area contributed by atoms with E-state index in [9.17, 15) is 0 Å². The van der Waals surface area contributed by atoms with Crippen LogP contribution in [0.25, 0.3) is 11.3 Å². The molecule has 0 bridgehead atoms. The van der Waals surface area contributed by atoms with Crippen LogP contribution < -0.4 is 5.73 Å². The highest BCUT2D eigenvalue weighted by molar-refractivity contribution is 5.83. The SMILES string of the molecule is CCc1cc(-c2cc(C=N)c(C)cc2C)nc(N)n1. The molecule has 2 aromatic rings. The van der Waals surface area contributed by atoms with Gasteiger partial charge in [-0.15, -0.1) is 0 Å². The number of rotatable bonds is 3. The van der Waals surface area contributed by atoms with Gasteiger partial charge in [0.25, 0.3) is 0 Å². The Labute approximate surface area is 113 Å². The lowest BCUT2D eigenvalue weighted by Gasteiger charge is -2.10. The predicted molar refractivity (Wildman–Crippen MR) is 78.6 cm³/mol. The van der Waals surface area contributed by atoms with E-state index in [0.717, 1.165) is 40.1 Å².